The molecule has 0 saturated heterocycles. The summed E-state index contributed by atoms with van der Waals surface area (Å²) in [7, 11) is 1.46. The molecule has 0 aliphatic heterocycles. The van der Waals surface area contributed by atoms with Gasteiger partial charge in [-0.25, -0.2) is 9.59 Å². The first-order valence-corrected chi connectivity index (χ1v) is 8.30. The maximum Gasteiger partial charge on any atom is 0.408 e. The van der Waals surface area contributed by atoms with Gasteiger partial charge in [0.1, 0.15) is 13.2 Å². The Hall–Kier alpha value is -2.86. The Morgan fingerprint density at radius 1 is 0.885 bits per heavy atom. The van der Waals surface area contributed by atoms with Gasteiger partial charge in [0.05, 0.1) is 6.10 Å². The van der Waals surface area contributed by atoms with Crippen LogP contribution in [-0.4, -0.2) is 31.3 Å². The third-order valence-corrected chi connectivity index (χ3v) is 3.81. The number of esters is 1. The van der Waals surface area contributed by atoms with E-state index < -0.39 is 24.2 Å². The van der Waals surface area contributed by atoms with Crippen molar-refractivity contribution in [2.24, 2.45) is 0 Å². The first-order valence-electron chi connectivity index (χ1n) is 8.30. The minimum Gasteiger partial charge on any atom is -0.459 e. The van der Waals surface area contributed by atoms with Gasteiger partial charge < -0.3 is 19.5 Å². The van der Waals surface area contributed by atoms with Crippen LogP contribution in [0.25, 0.3) is 0 Å². The average molecular weight is 357 g/mol. The number of hydrogen-bond donors (Lipinski definition) is 1. The highest BCUT2D eigenvalue weighted by Gasteiger charge is 2.29. The number of carbonyl (C=O) groups excluding carboxylic acids is 2. The van der Waals surface area contributed by atoms with Crippen LogP contribution >= 0.6 is 0 Å². The number of amides is 1. The van der Waals surface area contributed by atoms with Crippen LogP contribution in [0.2, 0.25) is 0 Å². The maximum absolute atomic E-state index is 12.4. The molecule has 26 heavy (non-hydrogen) atoms. The van der Waals surface area contributed by atoms with Crippen molar-refractivity contribution < 1.29 is 23.8 Å². The summed E-state index contributed by atoms with van der Waals surface area (Å²) in [4.78, 5) is 24.4. The Bertz CT molecular complexity index is 690. The van der Waals surface area contributed by atoms with Crippen LogP contribution in [0.1, 0.15) is 18.1 Å². The third kappa shape index (κ3) is 6.22. The SMILES string of the molecule is CO[C@H](C)[C@@H](NC(=O)OCc1ccccc1)C(=O)OCc1ccccc1. The molecule has 2 atom stereocenters. The quantitative estimate of drug-likeness (QED) is 0.735. The number of benzene rings is 2. The number of hydrogen-bond acceptors (Lipinski definition) is 5. The first-order chi connectivity index (χ1) is 12.6. The lowest BCUT2D eigenvalue weighted by Crippen LogP contribution is -2.49. The van der Waals surface area contributed by atoms with Crippen LogP contribution in [0, 0.1) is 0 Å². The van der Waals surface area contributed by atoms with Crippen LogP contribution in [0.4, 0.5) is 4.79 Å². The van der Waals surface area contributed by atoms with Gasteiger partial charge in [-0.2, -0.15) is 0 Å². The van der Waals surface area contributed by atoms with Gasteiger partial charge in [-0.15, -0.1) is 0 Å². The van der Waals surface area contributed by atoms with Crippen molar-refractivity contribution in [1.82, 2.24) is 5.32 Å². The first kappa shape index (κ1) is 19.5. The van der Waals surface area contributed by atoms with E-state index in [1.807, 2.05) is 60.7 Å². The zero-order chi connectivity index (χ0) is 18.8. The molecule has 0 spiro atoms. The van der Waals surface area contributed by atoms with E-state index in [4.69, 9.17) is 14.2 Å². The van der Waals surface area contributed by atoms with Crippen LogP contribution in [0.15, 0.2) is 60.7 Å². The minimum atomic E-state index is -0.966. The normalized spacial score (nSPS) is 12.7. The topological polar surface area (TPSA) is 73.9 Å². The van der Waals surface area contributed by atoms with Gasteiger partial charge in [0, 0.05) is 7.11 Å². The monoisotopic (exact) mass is 357 g/mol. The Kier molecular flexibility index (Phi) is 7.64. The molecule has 0 aliphatic carbocycles. The van der Waals surface area contributed by atoms with E-state index in [0.29, 0.717) is 0 Å². The fourth-order valence-corrected chi connectivity index (χ4v) is 2.21. The molecule has 0 fully saturated rings. The van der Waals surface area contributed by atoms with Crippen molar-refractivity contribution >= 4 is 12.1 Å². The van der Waals surface area contributed by atoms with E-state index in [0.717, 1.165) is 11.1 Å². The van der Waals surface area contributed by atoms with E-state index >= 15 is 0 Å². The number of rotatable bonds is 8. The van der Waals surface area contributed by atoms with Gasteiger partial charge in [-0.05, 0) is 18.1 Å². The molecule has 0 saturated carbocycles. The van der Waals surface area contributed by atoms with Crippen molar-refractivity contribution in [3.05, 3.63) is 71.8 Å². The molecular weight excluding hydrogens is 334 g/mol. The van der Waals surface area contributed by atoms with Gasteiger partial charge in [0.15, 0.2) is 6.04 Å². The molecule has 0 aliphatic rings. The largest absolute Gasteiger partial charge is 0.459 e. The molecule has 6 heteroatoms. The summed E-state index contributed by atoms with van der Waals surface area (Å²) in [5, 5.41) is 2.51. The second kappa shape index (κ2) is 10.2. The lowest BCUT2D eigenvalue weighted by molar-refractivity contribution is -0.150. The van der Waals surface area contributed by atoms with Gasteiger partial charge >= 0.3 is 12.1 Å². The van der Waals surface area contributed by atoms with E-state index in [-0.39, 0.29) is 13.2 Å². The Balaban J connectivity index is 1.89. The molecule has 0 heterocycles. The van der Waals surface area contributed by atoms with Crippen molar-refractivity contribution in [3.8, 4) is 0 Å². The summed E-state index contributed by atoms with van der Waals surface area (Å²) in [6, 6.07) is 17.6. The molecule has 138 valence electrons. The molecule has 0 bridgehead atoms. The smallest absolute Gasteiger partial charge is 0.408 e. The van der Waals surface area contributed by atoms with Crippen LogP contribution in [0.3, 0.4) is 0 Å². The van der Waals surface area contributed by atoms with Gasteiger partial charge in [-0.1, -0.05) is 60.7 Å². The molecule has 0 radical (unpaired) electrons. The number of nitrogens with one attached hydrogen (secondary N) is 1. The number of ether oxygens (including phenoxy) is 3. The highest BCUT2D eigenvalue weighted by Crippen LogP contribution is 2.07. The van der Waals surface area contributed by atoms with Gasteiger partial charge in [0.2, 0.25) is 0 Å². The molecule has 2 aromatic rings. The molecule has 1 amide bonds. The summed E-state index contributed by atoms with van der Waals surface area (Å²) in [5.74, 6) is -0.583. The minimum absolute atomic E-state index is 0.111. The highest BCUT2D eigenvalue weighted by atomic mass is 16.6. The number of carbonyl (C=O) groups is 2. The van der Waals surface area contributed by atoms with Gasteiger partial charge in [0.25, 0.3) is 0 Å². The predicted molar refractivity (Wildman–Crippen MR) is 96.3 cm³/mol. The molecule has 0 aromatic heterocycles. The summed E-state index contributed by atoms with van der Waals surface area (Å²) in [6.45, 7) is 1.90. The highest BCUT2D eigenvalue weighted by molar-refractivity contribution is 5.82. The van der Waals surface area contributed by atoms with Crippen molar-refractivity contribution in [3.63, 3.8) is 0 Å². The predicted octanol–water partition coefficient (Wildman–Crippen LogP) is 3.06. The summed E-state index contributed by atoms with van der Waals surface area (Å²) in [6.07, 6.45) is -1.28. The van der Waals surface area contributed by atoms with Crippen LogP contribution in [0.5, 0.6) is 0 Å². The van der Waals surface area contributed by atoms with Crippen molar-refractivity contribution in [2.75, 3.05) is 7.11 Å². The van der Waals surface area contributed by atoms with E-state index in [1.165, 1.54) is 7.11 Å². The molecular formula is C20H23NO5. The van der Waals surface area contributed by atoms with Gasteiger partial charge in [-0.3, -0.25) is 0 Å². The molecule has 0 unspecified atom stereocenters. The van der Waals surface area contributed by atoms with Crippen LogP contribution in [-0.2, 0) is 32.2 Å². The lowest BCUT2D eigenvalue weighted by atomic mass is 10.2. The average Bonchev–Trinajstić information content (AvgIpc) is 2.69. The van der Waals surface area contributed by atoms with Crippen molar-refractivity contribution in [1.29, 1.82) is 0 Å². The Morgan fingerprint density at radius 3 is 1.88 bits per heavy atom. The van der Waals surface area contributed by atoms with Crippen LogP contribution < -0.4 is 5.32 Å². The van der Waals surface area contributed by atoms with E-state index in [9.17, 15) is 9.59 Å². The number of alkyl carbamates (subject to hydrolysis) is 1. The zero-order valence-corrected chi connectivity index (χ0v) is 14.9. The lowest BCUT2D eigenvalue weighted by Gasteiger charge is -2.22. The fourth-order valence-electron chi connectivity index (χ4n) is 2.21. The van der Waals surface area contributed by atoms with E-state index in [2.05, 4.69) is 5.32 Å². The summed E-state index contributed by atoms with van der Waals surface area (Å²) >= 11 is 0. The standard InChI is InChI=1S/C20H23NO5/c1-15(24-2)18(19(22)25-13-16-9-5-3-6-10-16)21-20(23)26-14-17-11-7-4-8-12-17/h3-12,15,18H,13-14H2,1-2H3,(H,21,23)/t15-,18-/m1/s1. The van der Waals surface area contributed by atoms with E-state index in [1.54, 1.807) is 6.92 Å². The molecule has 2 rings (SSSR count). The third-order valence-electron chi connectivity index (χ3n) is 3.81. The fraction of sp³-hybridized carbons (Fsp3) is 0.300. The van der Waals surface area contributed by atoms with Crippen molar-refractivity contribution in [2.45, 2.75) is 32.3 Å². The molecule has 2 aromatic carbocycles. The Labute approximate surface area is 153 Å². The summed E-state index contributed by atoms with van der Waals surface area (Å²) < 4.78 is 15.6. The molecule has 6 nitrogen and oxygen atoms in total. The Morgan fingerprint density at radius 2 is 1.38 bits per heavy atom. The maximum atomic E-state index is 12.4. The second-order valence-electron chi connectivity index (χ2n) is 5.72. The zero-order valence-electron chi connectivity index (χ0n) is 14.9. The molecule has 1 N–H and O–H groups in total. The second-order valence-corrected chi connectivity index (χ2v) is 5.72. The summed E-state index contributed by atoms with van der Waals surface area (Å²) in [5.41, 5.74) is 1.71. The number of methoxy groups -OCH3 is 1.